The highest BCUT2D eigenvalue weighted by molar-refractivity contribution is 7.93. The average Bonchev–Trinajstić information content (AvgIpc) is 2.73. The zero-order chi connectivity index (χ0) is 23.4. The van der Waals surface area contributed by atoms with Crippen molar-refractivity contribution in [3.63, 3.8) is 0 Å². The van der Waals surface area contributed by atoms with Gasteiger partial charge in [0.1, 0.15) is 12.3 Å². The van der Waals surface area contributed by atoms with Gasteiger partial charge in [-0.05, 0) is 52.0 Å². The van der Waals surface area contributed by atoms with E-state index in [1.807, 2.05) is 58.0 Å². The van der Waals surface area contributed by atoms with Crippen LogP contribution in [0.2, 0.25) is 0 Å². The average molecular weight is 449 g/mol. The topological polar surface area (TPSA) is 80.7 Å². The number of benzene rings is 2. The van der Waals surface area contributed by atoms with Gasteiger partial charge in [0.05, 0.1) is 24.1 Å². The zero-order valence-corrected chi connectivity index (χ0v) is 20.0. The van der Waals surface area contributed by atoms with Crippen LogP contribution in [0.1, 0.15) is 46.6 Å². The van der Waals surface area contributed by atoms with Crippen molar-refractivity contribution in [3.8, 4) is 5.75 Å². The third-order valence-corrected chi connectivity index (χ3v) is 9.02. The second-order valence-electron chi connectivity index (χ2n) is 8.38. The Hall–Kier alpha value is -2.38. The van der Waals surface area contributed by atoms with Crippen molar-refractivity contribution in [1.82, 2.24) is 0 Å². The predicted octanol–water partition coefficient (Wildman–Crippen LogP) is 4.49. The summed E-state index contributed by atoms with van der Waals surface area (Å²) in [5.74, 6) is -0.821. The third-order valence-electron chi connectivity index (χ3n) is 6.43. The molecule has 0 saturated carbocycles. The number of nitrogens with zero attached hydrogens (tertiary/aromatic N) is 1. The number of rotatable bonds is 10. The Morgan fingerprint density at radius 1 is 1.00 bits per heavy atom. The summed E-state index contributed by atoms with van der Waals surface area (Å²) in [5.41, 5.74) is 0.897. The fraction of sp³-hybridized carbons (Fsp3) is 0.458. The fourth-order valence-electron chi connectivity index (χ4n) is 4.91. The molecule has 0 bridgehead atoms. The smallest absolute Gasteiger partial charge is 0.382 e. The maximum Gasteiger partial charge on any atom is 0.382 e. The van der Waals surface area contributed by atoms with Gasteiger partial charge in [0, 0.05) is 12.0 Å². The van der Waals surface area contributed by atoms with Crippen LogP contribution in [0, 0.1) is 0 Å². The Kier molecular flexibility index (Phi) is 7.55. The first kappa shape index (κ1) is 24.9. The molecular formula is C24H34NO5S+. The molecule has 0 amide bonds. The molecule has 0 fully saturated rings. The van der Waals surface area contributed by atoms with Crippen LogP contribution in [0.5, 0.6) is 5.75 Å². The standard InChI is InChI=1S/C24H33NO5S/c1-7-24(23(26)27,31(28,29)22-15-13-21(30-6)14-16-22)25(18(2)3,19(4)5)17-20-11-9-8-10-12-20/h8-16,18-19H,7,17H2,1-6H3/p+1. The van der Waals surface area contributed by atoms with Crippen LogP contribution < -0.4 is 4.74 Å². The van der Waals surface area contributed by atoms with E-state index in [0.29, 0.717) is 5.75 Å². The van der Waals surface area contributed by atoms with Gasteiger partial charge >= 0.3 is 10.8 Å². The molecule has 7 heteroatoms. The lowest BCUT2D eigenvalue weighted by atomic mass is 9.98. The summed E-state index contributed by atoms with van der Waals surface area (Å²) in [6, 6.07) is 14.9. The summed E-state index contributed by atoms with van der Waals surface area (Å²) in [5, 5.41) is 10.6. The Morgan fingerprint density at radius 2 is 1.52 bits per heavy atom. The molecule has 0 aliphatic rings. The van der Waals surface area contributed by atoms with E-state index in [2.05, 4.69) is 0 Å². The predicted molar refractivity (Wildman–Crippen MR) is 122 cm³/mol. The molecule has 170 valence electrons. The number of carbonyl (C=O) groups is 1. The van der Waals surface area contributed by atoms with Gasteiger partial charge < -0.3 is 9.84 Å². The zero-order valence-electron chi connectivity index (χ0n) is 19.2. The molecule has 2 aromatic rings. The number of hydrogen-bond acceptors (Lipinski definition) is 4. The molecule has 0 aliphatic carbocycles. The first-order valence-corrected chi connectivity index (χ1v) is 12.0. The minimum Gasteiger partial charge on any atom is -0.497 e. The Morgan fingerprint density at radius 3 is 1.90 bits per heavy atom. The van der Waals surface area contributed by atoms with Gasteiger partial charge in [0.15, 0.2) is 0 Å². The summed E-state index contributed by atoms with van der Waals surface area (Å²) in [6.45, 7) is 9.54. The lowest BCUT2D eigenvalue weighted by molar-refractivity contribution is -1.00. The van der Waals surface area contributed by atoms with E-state index in [1.165, 1.54) is 19.2 Å². The number of ether oxygens (including phenoxy) is 1. The highest BCUT2D eigenvalue weighted by Gasteiger charge is 2.67. The lowest BCUT2D eigenvalue weighted by Crippen LogP contribution is -2.75. The van der Waals surface area contributed by atoms with Crippen LogP contribution >= 0.6 is 0 Å². The van der Waals surface area contributed by atoms with Crippen molar-refractivity contribution in [3.05, 3.63) is 60.2 Å². The number of quaternary nitrogens is 1. The molecule has 2 aromatic carbocycles. The minimum absolute atomic E-state index is 0.0191. The number of carboxylic acids is 1. The van der Waals surface area contributed by atoms with Crippen molar-refractivity contribution in [2.45, 2.75) is 69.4 Å². The molecule has 2 rings (SSSR count). The van der Waals surface area contributed by atoms with E-state index < -0.39 is 20.7 Å². The normalized spacial score (nSPS) is 14.5. The van der Waals surface area contributed by atoms with Gasteiger partial charge in [-0.25, -0.2) is 13.2 Å². The van der Waals surface area contributed by atoms with Crippen LogP contribution in [0.15, 0.2) is 59.5 Å². The van der Waals surface area contributed by atoms with E-state index in [0.717, 1.165) is 5.56 Å². The minimum atomic E-state index is -4.29. The summed E-state index contributed by atoms with van der Waals surface area (Å²) >= 11 is 0. The largest absolute Gasteiger partial charge is 0.497 e. The molecule has 0 saturated heterocycles. The first-order chi connectivity index (χ1) is 14.5. The Labute approximate surface area is 186 Å². The second kappa shape index (κ2) is 9.40. The third kappa shape index (κ3) is 3.96. The molecular weight excluding hydrogens is 414 g/mol. The number of aliphatic carboxylic acids is 1. The Bertz CT molecular complexity index is 976. The number of carboxylic acid groups (broad SMARTS) is 1. The van der Waals surface area contributed by atoms with E-state index in [-0.39, 0.29) is 34.4 Å². The van der Waals surface area contributed by atoms with Crippen molar-refractivity contribution in [2.24, 2.45) is 0 Å². The van der Waals surface area contributed by atoms with Crippen molar-refractivity contribution >= 4 is 15.8 Å². The van der Waals surface area contributed by atoms with Crippen molar-refractivity contribution in [2.75, 3.05) is 7.11 Å². The van der Waals surface area contributed by atoms with E-state index >= 15 is 0 Å². The maximum atomic E-state index is 14.1. The van der Waals surface area contributed by atoms with E-state index in [4.69, 9.17) is 4.74 Å². The van der Waals surface area contributed by atoms with Gasteiger partial charge in [-0.3, -0.25) is 4.48 Å². The molecule has 0 spiro atoms. The van der Waals surface area contributed by atoms with Crippen molar-refractivity contribution in [1.29, 1.82) is 0 Å². The van der Waals surface area contributed by atoms with Crippen LogP contribution in [0.25, 0.3) is 0 Å². The number of methoxy groups -OCH3 is 1. The van der Waals surface area contributed by atoms with Crippen LogP contribution in [-0.2, 0) is 21.2 Å². The van der Waals surface area contributed by atoms with Gasteiger partial charge in [0.25, 0.3) is 0 Å². The fourth-order valence-corrected chi connectivity index (χ4v) is 7.34. The molecule has 0 aromatic heterocycles. The summed E-state index contributed by atoms with van der Waals surface area (Å²) < 4.78 is 33.3. The van der Waals surface area contributed by atoms with Gasteiger partial charge in [-0.1, -0.05) is 37.3 Å². The molecule has 1 unspecified atom stereocenters. The van der Waals surface area contributed by atoms with Crippen molar-refractivity contribution < 1.29 is 27.5 Å². The summed E-state index contributed by atoms with van der Waals surface area (Å²) in [6.07, 6.45) is -0.0696. The lowest BCUT2D eigenvalue weighted by Gasteiger charge is -2.55. The molecule has 6 nitrogen and oxygen atoms in total. The summed E-state index contributed by atoms with van der Waals surface area (Å²) in [7, 11) is -2.79. The molecule has 0 radical (unpaired) electrons. The van der Waals surface area contributed by atoms with Gasteiger partial charge in [-0.2, -0.15) is 0 Å². The second-order valence-corrected chi connectivity index (χ2v) is 10.5. The SMILES string of the molecule is CCC(C(=O)O)([N+](Cc1ccccc1)(C(C)C)C(C)C)S(=O)(=O)c1ccc(OC)cc1. The molecule has 1 atom stereocenters. The quantitative estimate of drug-likeness (QED) is 0.542. The van der Waals surface area contributed by atoms with Gasteiger partial charge in [-0.15, -0.1) is 0 Å². The van der Waals surface area contributed by atoms with Crippen LogP contribution in [0.3, 0.4) is 0 Å². The van der Waals surface area contributed by atoms with Crippen LogP contribution in [0.4, 0.5) is 0 Å². The maximum absolute atomic E-state index is 14.1. The molecule has 31 heavy (non-hydrogen) atoms. The first-order valence-electron chi connectivity index (χ1n) is 10.5. The number of sulfone groups is 1. The van der Waals surface area contributed by atoms with Gasteiger partial charge in [0.2, 0.25) is 9.84 Å². The summed E-state index contributed by atoms with van der Waals surface area (Å²) in [4.78, 5) is 10.9. The Balaban J connectivity index is 2.89. The monoisotopic (exact) mass is 448 g/mol. The molecule has 0 heterocycles. The van der Waals surface area contributed by atoms with Crippen LogP contribution in [-0.4, -0.2) is 48.0 Å². The molecule has 0 aliphatic heterocycles. The van der Waals surface area contributed by atoms with E-state index in [1.54, 1.807) is 19.1 Å². The highest BCUT2D eigenvalue weighted by atomic mass is 32.2. The number of hydrogen-bond donors (Lipinski definition) is 1. The molecule has 1 N–H and O–H groups in total. The highest BCUT2D eigenvalue weighted by Crippen LogP contribution is 2.45. The van der Waals surface area contributed by atoms with E-state index in [9.17, 15) is 18.3 Å².